The van der Waals surface area contributed by atoms with E-state index in [1.807, 2.05) is 6.92 Å². The summed E-state index contributed by atoms with van der Waals surface area (Å²) in [6, 6.07) is 8.24. The summed E-state index contributed by atoms with van der Waals surface area (Å²) in [6.07, 6.45) is 3.66. The minimum absolute atomic E-state index is 0.0826. The van der Waals surface area contributed by atoms with Crippen LogP contribution in [0.3, 0.4) is 0 Å². The normalized spacial score (nSPS) is 10.8. The fourth-order valence-corrected chi connectivity index (χ4v) is 2.87. The molecule has 1 aromatic heterocycles. The molecule has 6 heteroatoms. The lowest BCUT2D eigenvalue weighted by Gasteiger charge is -2.15. The molecule has 0 unspecified atom stereocenters. The number of phenolic OH excluding ortho intramolecular Hbond substituents is 1. The highest BCUT2D eigenvalue weighted by molar-refractivity contribution is 5.93. The van der Waals surface area contributed by atoms with Gasteiger partial charge in [-0.2, -0.15) is 5.10 Å². The molecule has 0 fully saturated rings. The summed E-state index contributed by atoms with van der Waals surface area (Å²) < 4.78 is 20.9. The molecule has 2 aromatic carbocycles. The first-order valence-electron chi connectivity index (χ1n) is 8.11. The number of ether oxygens (including phenoxy) is 1. The molecule has 0 aliphatic carbocycles. The lowest BCUT2D eigenvalue weighted by atomic mass is 9.93. The Morgan fingerprint density at radius 2 is 2.00 bits per heavy atom. The van der Waals surface area contributed by atoms with Crippen LogP contribution in [0.4, 0.5) is 4.39 Å². The molecular formula is C20H19FN2O3. The standard InChI is InChI=1S/C20H19FN2O3/c1-12-13(2)19(24)17(20(25)26-3)10-15(12)9-14-5-6-16(11-18(14)21)23-8-4-7-22-23/h4-8,10-11,24H,9H2,1-3H3. The predicted octanol–water partition coefficient (Wildman–Crippen LogP) is 3.71. The van der Waals surface area contributed by atoms with Crippen LogP contribution in [0.15, 0.2) is 42.7 Å². The van der Waals surface area contributed by atoms with E-state index in [0.717, 1.165) is 11.1 Å². The van der Waals surface area contributed by atoms with E-state index in [9.17, 15) is 14.3 Å². The molecule has 3 aromatic rings. The quantitative estimate of drug-likeness (QED) is 0.726. The van der Waals surface area contributed by atoms with Crippen LogP contribution >= 0.6 is 0 Å². The van der Waals surface area contributed by atoms with Gasteiger partial charge in [-0.25, -0.2) is 13.9 Å². The maximum atomic E-state index is 14.6. The largest absolute Gasteiger partial charge is 0.507 e. The van der Waals surface area contributed by atoms with Gasteiger partial charge in [0.05, 0.1) is 12.8 Å². The van der Waals surface area contributed by atoms with Gasteiger partial charge in [0.1, 0.15) is 17.1 Å². The van der Waals surface area contributed by atoms with Crippen molar-refractivity contribution in [3.63, 3.8) is 0 Å². The molecule has 1 heterocycles. The molecule has 134 valence electrons. The third kappa shape index (κ3) is 3.18. The van der Waals surface area contributed by atoms with E-state index >= 15 is 0 Å². The number of aromatic nitrogens is 2. The molecule has 0 saturated carbocycles. The SMILES string of the molecule is COC(=O)c1cc(Cc2ccc(-n3cccn3)cc2F)c(C)c(C)c1O. The Balaban J connectivity index is 1.99. The number of rotatable bonds is 4. The van der Waals surface area contributed by atoms with Crippen molar-refractivity contribution < 1.29 is 19.0 Å². The van der Waals surface area contributed by atoms with Crippen molar-refractivity contribution in [3.8, 4) is 11.4 Å². The minimum Gasteiger partial charge on any atom is -0.507 e. The van der Waals surface area contributed by atoms with Crippen LogP contribution in [0, 0.1) is 19.7 Å². The summed E-state index contributed by atoms with van der Waals surface area (Å²) in [6.45, 7) is 3.55. The maximum absolute atomic E-state index is 14.6. The van der Waals surface area contributed by atoms with Crippen LogP contribution in [-0.4, -0.2) is 28.0 Å². The smallest absolute Gasteiger partial charge is 0.341 e. The lowest BCUT2D eigenvalue weighted by Crippen LogP contribution is -2.07. The van der Waals surface area contributed by atoms with Crippen LogP contribution < -0.4 is 0 Å². The Kier molecular flexibility index (Phi) is 4.75. The van der Waals surface area contributed by atoms with Crippen molar-refractivity contribution in [1.29, 1.82) is 0 Å². The van der Waals surface area contributed by atoms with Gasteiger partial charge in [-0.05, 0) is 60.4 Å². The van der Waals surface area contributed by atoms with Gasteiger partial charge in [-0.1, -0.05) is 6.07 Å². The van der Waals surface area contributed by atoms with Crippen molar-refractivity contribution in [3.05, 3.63) is 76.4 Å². The third-order valence-electron chi connectivity index (χ3n) is 4.56. The van der Waals surface area contributed by atoms with E-state index < -0.39 is 5.97 Å². The number of benzene rings is 2. The number of halogens is 1. The van der Waals surface area contributed by atoms with E-state index in [0.29, 0.717) is 23.2 Å². The van der Waals surface area contributed by atoms with Crippen LogP contribution in [0.2, 0.25) is 0 Å². The van der Waals surface area contributed by atoms with Gasteiger partial charge >= 0.3 is 5.97 Å². The Hall–Kier alpha value is -3.15. The molecule has 0 spiro atoms. The Labute approximate surface area is 150 Å². The van der Waals surface area contributed by atoms with E-state index in [1.54, 1.807) is 48.3 Å². The van der Waals surface area contributed by atoms with Gasteiger partial charge in [-0.3, -0.25) is 0 Å². The Bertz CT molecular complexity index is 966. The number of esters is 1. The first-order valence-corrected chi connectivity index (χ1v) is 8.11. The topological polar surface area (TPSA) is 64.4 Å². The van der Waals surface area contributed by atoms with Gasteiger partial charge in [-0.15, -0.1) is 0 Å². The summed E-state index contributed by atoms with van der Waals surface area (Å²) in [5.41, 5.74) is 3.35. The molecule has 0 saturated heterocycles. The van der Waals surface area contributed by atoms with Crippen molar-refractivity contribution in [2.24, 2.45) is 0 Å². The number of carbonyl (C=O) groups is 1. The fourth-order valence-electron chi connectivity index (χ4n) is 2.87. The van der Waals surface area contributed by atoms with Crippen LogP contribution in [0.1, 0.15) is 32.6 Å². The zero-order valence-electron chi connectivity index (χ0n) is 14.8. The molecule has 1 N–H and O–H groups in total. The highest BCUT2D eigenvalue weighted by Crippen LogP contribution is 2.30. The zero-order valence-corrected chi connectivity index (χ0v) is 14.8. The van der Waals surface area contributed by atoms with Gasteiger partial charge in [0.2, 0.25) is 0 Å². The number of phenols is 1. The zero-order chi connectivity index (χ0) is 18.8. The molecule has 0 radical (unpaired) electrons. The monoisotopic (exact) mass is 354 g/mol. The number of hydrogen-bond acceptors (Lipinski definition) is 4. The van der Waals surface area contributed by atoms with Crippen LogP contribution in [0.25, 0.3) is 5.69 Å². The first kappa shape index (κ1) is 17.7. The van der Waals surface area contributed by atoms with Crippen LogP contribution in [-0.2, 0) is 11.2 Å². The van der Waals surface area contributed by atoms with Gasteiger partial charge < -0.3 is 9.84 Å². The van der Waals surface area contributed by atoms with Gasteiger partial charge in [0, 0.05) is 18.8 Å². The summed E-state index contributed by atoms with van der Waals surface area (Å²) in [7, 11) is 1.25. The maximum Gasteiger partial charge on any atom is 0.341 e. The lowest BCUT2D eigenvalue weighted by molar-refractivity contribution is 0.0597. The number of aromatic hydroxyl groups is 1. The molecule has 5 nitrogen and oxygen atoms in total. The highest BCUT2D eigenvalue weighted by Gasteiger charge is 2.19. The summed E-state index contributed by atoms with van der Waals surface area (Å²) in [5.74, 6) is -1.09. The van der Waals surface area contributed by atoms with Crippen LogP contribution in [0.5, 0.6) is 5.75 Å². The Morgan fingerprint density at radius 3 is 2.62 bits per heavy atom. The second-order valence-electron chi connectivity index (χ2n) is 6.08. The summed E-state index contributed by atoms with van der Waals surface area (Å²) in [5, 5.41) is 14.3. The molecule has 0 aliphatic heterocycles. The second-order valence-corrected chi connectivity index (χ2v) is 6.08. The second kappa shape index (κ2) is 7.00. The molecule has 3 rings (SSSR count). The molecule has 26 heavy (non-hydrogen) atoms. The first-order chi connectivity index (χ1) is 12.4. The van der Waals surface area contributed by atoms with E-state index in [2.05, 4.69) is 5.10 Å². The molecule has 0 atom stereocenters. The average Bonchev–Trinajstić information content (AvgIpc) is 3.17. The number of methoxy groups -OCH3 is 1. The average molecular weight is 354 g/mol. The fraction of sp³-hybridized carbons (Fsp3) is 0.200. The predicted molar refractivity (Wildman–Crippen MR) is 95.2 cm³/mol. The van der Waals surface area contributed by atoms with Gasteiger partial charge in [0.25, 0.3) is 0 Å². The van der Waals surface area contributed by atoms with Gasteiger partial charge in [0.15, 0.2) is 0 Å². The van der Waals surface area contributed by atoms with Crippen molar-refractivity contribution >= 4 is 5.97 Å². The van der Waals surface area contributed by atoms with Crippen molar-refractivity contribution in [2.45, 2.75) is 20.3 Å². The van der Waals surface area contributed by atoms with Crippen molar-refractivity contribution in [1.82, 2.24) is 9.78 Å². The Morgan fingerprint density at radius 1 is 1.23 bits per heavy atom. The minimum atomic E-state index is -0.624. The van der Waals surface area contributed by atoms with E-state index in [1.165, 1.54) is 13.2 Å². The molecular weight excluding hydrogens is 335 g/mol. The highest BCUT2D eigenvalue weighted by atomic mass is 19.1. The molecule has 0 aliphatic rings. The van der Waals surface area contributed by atoms with Crippen molar-refractivity contribution in [2.75, 3.05) is 7.11 Å². The number of hydrogen-bond donors (Lipinski definition) is 1. The summed E-state index contributed by atoms with van der Waals surface area (Å²) >= 11 is 0. The molecule has 0 amide bonds. The van der Waals surface area contributed by atoms with E-state index in [4.69, 9.17) is 4.74 Å². The summed E-state index contributed by atoms with van der Waals surface area (Å²) in [4.78, 5) is 11.9. The third-order valence-corrected chi connectivity index (χ3v) is 4.56. The molecule has 0 bridgehead atoms. The number of nitrogens with zero attached hydrogens (tertiary/aromatic N) is 2. The number of carbonyl (C=O) groups excluding carboxylic acids is 1. The van der Waals surface area contributed by atoms with E-state index in [-0.39, 0.29) is 17.1 Å².